The first kappa shape index (κ1) is 13.5. The summed E-state index contributed by atoms with van der Waals surface area (Å²) in [6.07, 6.45) is 4.77. The quantitative estimate of drug-likeness (QED) is 0.729. The van der Waals surface area contributed by atoms with E-state index in [1.807, 2.05) is 28.2 Å². The van der Waals surface area contributed by atoms with E-state index in [0.717, 1.165) is 16.2 Å². The first-order valence-corrected chi connectivity index (χ1v) is 8.04. The number of fused-ring (bicyclic) bond motifs is 2. The highest BCUT2D eigenvalue weighted by molar-refractivity contribution is 7.15. The van der Waals surface area contributed by atoms with Gasteiger partial charge in [-0.25, -0.2) is 9.37 Å². The lowest BCUT2D eigenvalue weighted by atomic mass is 9.99. The highest BCUT2D eigenvalue weighted by Gasteiger charge is 2.23. The zero-order chi connectivity index (χ0) is 15.1. The lowest BCUT2D eigenvalue weighted by molar-refractivity contribution is -0.131. The number of amides is 1. The molecule has 4 rings (SSSR count). The Kier molecular flexibility index (Phi) is 3.18. The third-order valence-corrected chi connectivity index (χ3v) is 4.81. The van der Waals surface area contributed by atoms with Crippen molar-refractivity contribution in [2.24, 2.45) is 0 Å². The Morgan fingerprint density at radius 3 is 3.18 bits per heavy atom. The van der Waals surface area contributed by atoms with Crippen LogP contribution >= 0.6 is 11.3 Å². The van der Waals surface area contributed by atoms with E-state index in [1.165, 1.54) is 6.07 Å². The first-order valence-electron chi connectivity index (χ1n) is 7.16. The highest BCUT2D eigenvalue weighted by atomic mass is 32.1. The van der Waals surface area contributed by atoms with Crippen LogP contribution in [0.15, 0.2) is 36.0 Å². The number of benzene rings is 1. The number of hydrogen-bond donors (Lipinski definition) is 0. The molecule has 0 radical (unpaired) electrons. The van der Waals surface area contributed by atoms with Crippen LogP contribution in [0.5, 0.6) is 0 Å². The van der Waals surface area contributed by atoms with Crippen LogP contribution < -0.4 is 0 Å². The third kappa shape index (κ3) is 2.29. The van der Waals surface area contributed by atoms with Gasteiger partial charge in [-0.05, 0) is 18.1 Å². The van der Waals surface area contributed by atoms with Gasteiger partial charge in [0.05, 0.1) is 12.1 Å². The maximum atomic E-state index is 13.9. The summed E-state index contributed by atoms with van der Waals surface area (Å²) in [6, 6.07) is 5.11. The van der Waals surface area contributed by atoms with Gasteiger partial charge in [-0.15, -0.1) is 11.3 Å². The van der Waals surface area contributed by atoms with Gasteiger partial charge in [0.25, 0.3) is 0 Å². The van der Waals surface area contributed by atoms with Gasteiger partial charge in [0.2, 0.25) is 5.91 Å². The van der Waals surface area contributed by atoms with Gasteiger partial charge in [-0.2, -0.15) is 0 Å². The van der Waals surface area contributed by atoms with E-state index in [-0.39, 0.29) is 18.1 Å². The van der Waals surface area contributed by atoms with Gasteiger partial charge >= 0.3 is 0 Å². The molecular weight excluding hydrogens is 301 g/mol. The van der Waals surface area contributed by atoms with Crippen molar-refractivity contribution in [2.75, 3.05) is 6.54 Å². The van der Waals surface area contributed by atoms with E-state index in [4.69, 9.17) is 0 Å². The Balaban J connectivity index is 1.51. The Hall–Kier alpha value is -2.21. The minimum Gasteiger partial charge on any atom is -0.338 e. The van der Waals surface area contributed by atoms with E-state index < -0.39 is 0 Å². The predicted molar refractivity (Wildman–Crippen MR) is 82.3 cm³/mol. The molecule has 0 N–H and O–H groups in total. The smallest absolute Gasteiger partial charge is 0.228 e. The number of hydrogen-bond acceptors (Lipinski definition) is 3. The van der Waals surface area contributed by atoms with E-state index in [1.54, 1.807) is 22.3 Å². The Bertz CT molecular complexity index is 826. The topological polar surface area (TPSA) is 37.6 Å². The van der Waals surface area contributed by atoms with Crippen molar-refractivity contribution in [1.82, 2.24) is 14.3 Å². The summed E-state index contributed by atoms with van der Waals surface area (Å²) < 4.78 is 15.8. The lowest BCUT2D eigenvalue weighted by Gasteiger charge is -2.29. The SMILES string of the molecule is O=C(Cc1cn2ccsc2n1)N1CCc2cccc(F)c2C1. The van der Waals surface area contributed by atoms with Crippen molar-refractivity contribution in [2.45, 2.75) is 19.4 Å². The number of halogens is 1. The van der Waals surface area contributed by atoms with Crippen LogP contribution in [-0.4, -0.2) is 26.7 Å². The molecule has 22 heavy (non-hydrogen) atoms. The molecule has 0 atom stereocenters. The largest absolute Gasteiger partial charge is 0.338 e. The van der Waals surface area contributed by atoms with E-state index >= 15 is 0 Å². The molecule has 0 bridgehead atoms. The summed E-state index contributed by atoms with van der Waals surface area (Å²) in [4.78, 5) is 19.5. The summed E-state index contributed by atoms with van der Waals surface area (Å²) >= 11 is 1.54. The van der Waals surface area contributed by atoms with Crippen LogP contribution in [0.1, 0.15) is 16.8 Å². The summed E-state index contributed by atoms with van der Waals surface area (Å²) in [5.41, 5.74) is 2.41. The number of thiazole rings is 1. The van der Waals surface area contributed by atoms with E-state index in [0.29, 0.717) is 25.1 Å². The maximum absolute atomic E-state index is 13.9. The van der Waals surface area contributed by atoms with Crippen LogP contribution in [-0.2, 0) is 24.2 Å². The number of rotatable bonds is 2. The zero-order valence-electron chi connectivity index (χ0n) is 11.8. The molecule has 0 saturated carbocycles. The van der Waals surface area contributed by atoms with Gasteiger partial charge in [-0.3, -0.25) is 9.20 Å². The number of carbonyl (C=O) groups is 1. The predicted octanol–water partition coefficient (Wildman–Crippen LogP) is 2.66. The van der Waals surface area contributed by atoms with Gasteiger partial charge in [-0.1, -0.05) is 12.1 Å². The van der Waals surface area contributed by atoms with Crippen molar-refractivity contribution in [3.05, 3.63) is 58.6 Å². The van der Waals surface area contributed by atoms with Gasteiger partial charge in [0.15, 0.2) is 4.96 Å². The molecule has 6 heteroatoms. The molecule has 3 aromatic rings. The Labute approximate surface area is 130 Å². The monoisotopic (exact) mass is 315 g/mol. The molecule has 0 unspecified atom stereocenters. The Morgan fingerprint density at radius 1 is 1.41 bits per heavy atom. The maximum Gasteiger partial charge on any atom is 0.228 e. The standard InChI is InChI=1S/C16H14FN3OS/c17-14-3-1-2-11-4-5-19(10-13(11)14)15(21)8-12-9-20-6-7-22-16(20)18-12/h1-3,6-7,9H,4-5,8,10H2. The highest BCUT2D eigenvalue weighted by Crippen LogP contribution is 2.22. The molecule has 0 aliphatic carbocycles. The van der Waals surface area contributed by atoms with E-state index in [9.17, 15) is 9.18 Å². The fraction of sp³-hybridized carbons (Fsp3) is 0.250. The minimum absolute atomic E-state index is 0.000318. The molecule has 0 saturated heterocycles. The second kappa shape index (κ2) is 5.21. The summed E-state index contributed by atoms with van der Waals surface area (Å²) in [7, 11) is 0. The van der Waals surface area contributed by atoms with Crippen molar-refractivity contribution >= 4 is 22.2 Å². The third-order valence-electron chi connectivity index (χ3n) is 4.04. The molecule has 1 amide bonds. The van der Waals surface area contributed by atoms with Crippen molar-refractivity contribution < 1.29 is 9.18 Å². The zero-order valence-corrected chi connectivity index (χ0v) is 12.6. The van der Waals surface area contributed by atoms with Crippen molar-refractivity contribution in [1.29, 1.82) is 0 Å². The van der Waals surface area contributed by atoms with Gasteiger partial charge in [0.1, 0.15) is 5.82 Å². The first-order chi connectivity index (χ1) is 10.7. The fourth-order valence-electron chi connectivity index (χ4n) is 2.88. The number of carbonyl (C=O) groups excluding carboxylic acids is 1. The summed E-state index contributed by atoms with van der Waals surface area (Å²) in [5, 5.41) is 1.96. The molecule has 0 spiro atoms. The van der Waals surface area contributed by atoms with E-state index in [2.05, 4.69) is 4.98 Å². The lowest BCUT2D eigenvalue weighted by Crippen LogP contribution is -2.37. The van der Waals surface area contributed by atoms with Gasteiger partial charge in [0, 0.05) is 36.4 Å². The van der Waals surface area contributed by atoms with Crippen molar-refractivity contribution in [3.8, 4) is 0 Å². The van der Waals surface area contributed by atoms with Gasteiger partial charge < -0.3 is 4.90 Å². The fourth-order valence-corrected chi connectivity index (χ4v) is 3.60. The van der Waals surface area contributed by atoms with Crippen molar-refractivity contribution in [3.63, 3.8) is 0 Å². The molecule has 3 heterocycles. The molecular formula is C16H14FN3OS. The molecule has 0 fully saturated rings. The molecule has 1 aromatic carbocycles. The minimum atomic E-state index is -0.225. The van der Waals surface area contributed by atoms with Crippen LogP contribution in [0.25, 0.3) is 4.96 Å². The number of aromatic nitrogens is 2. The second-order valence-electron chi connectivity index (χ2n) is 5.44. The average Bonchev–Trinajstić information content (AvgIpc) is 3.08. The van der Waals surface area contributed by atoms with Crippen LogP contribution in [0, 0.1) is 5.82 Å². The number of imidazole rings is 1. The van der Waals surface area contributed by atoms with Crippen LogP contribution in [0.3, 0.4) is 0 Å². The Morgan fingerprint density at radius 2 is 2.32 bits per heavy atom. The molecule has 2 aromatic heterocycles. The average molecular weight is 315 g/mol. The summed E-state index contributed by atoms with van der Waals surface area (Å²) in [5.74, 6) is -0.225. The van der Waals surface area contributed by atoms with Crippen LogP contribution in [0.2, 0.25) is 0 Å². The number of nitrogens with zero attached hydrogens (tertiary/aromatic N) is 3. The molecule has 112 valence electrons. The second-order valence-corrected chi connectivity index (χ2v) is 6.32. The normalized spacial score (nSPS) is 14.3. The van der Waals surface area contributed by atoms with Crippen LogP contribution in [0.4, 0.5) is 4.39 Å². The molecule has 1 aliphatic heterocycles. The summed E-state index contributed by atoms with van der Waals surface area (Å²) in [6.45, 7) is 0.987. The molecule has 4 nitrogen and oxygen atoms in total. The molecule has 1 aliphatic rings.